The van der Waals surface area contributed by atoms with Crippen LogP contribution in [0.15, 0.2) is 24.3 Å². The molecular formula is C19H27N5O2. The number of nitrogens with zero attached hydrogens (tertiary/aromatic N) is 4. The lowest BCUT2D eigenvalue weighted by molar-refractivity contribution is 0.0767. The van der Waals surface area contributed by atoms with Crippen molar-refractivity contribution in [1.29, 1.82) is 0 Å². The molecule has 0 atom stereocenters. The molecular weight excluding hydrogens is 330 g/mol. The number of hydrogen-bond donors (Lipinski definition) is 1. The highest BCUT2D eigenvalue weighted by atomic mass is 16.5. The Morgan fingerprint density at radius 1 is 1.27 bits per heavy atom. The summed E-state index contributed by atoms with van der Waals surface area (Å²) in [6.45, 7) is 6.84. The number of benzene rings is 1. The number of aryl methyl sites for hydroxylation is 1. The number of aromatic nitrogens is 3. The van der Waals surface area contributed by atoms with E-state index in [0.717, 1.165) is 37.4 Å². The molecule has 7 heteroatoms. The summed E-state index contributed by atoms with van der Waals surface area (Å²) in [5, 5.41) is 11.7. The molecule has 1 aromatic carbocycles. The van der Waals surface area contributed by atoms with Gasteiger partial charge in [-0.15, -0.1) is 5.10 Å². The number of hydrogen-bond acceptors (Lipinski definition) is 5. The van der Waals surface area contributed by atoms with Crippen LogP contribution in [0.3, 0.4) is 0 Å². The van der Waals surface area contributed by atoms with Crippen LogP contribution in [0.25, 0.3) is 0 Å². The van der Waals surface area contributed by atoms with E-state index < -0.39 is 0 Å². The lowest BCUT2D eigenvalue weighted by atomic mass is 10.1. The molecule has 0 radical (unpaired) electrons. The molecule has 0 unspecified atom stereocenters. The Hall–Kier alpha value is -2.41. The lowest BCUT2D eigenvalue weighted by Gasteiger charge is -2.23. The minimum Gasteiger partial charge on any atom is -0.492 e. The summed E-state index contributed by atoms with van der Waals surface area (Å²) in [5.74, 6) is 0.694. The molecule has 26 heavy (non-hydrogen) atoms. The third kappa shape index (κ3) is 4.22. The van der Waals surface area contributed by atoms with Crippen molar-refractivity contribution in [3.8, 4) is 5.75 Å². The van der Waals surface area contributed by atoms with Crippen LogP contribution in [0.4, 0.5) is 0 Å². The maximum absolute atomic E-state index is 12.7. The van der Waals surface area contributed by atoms with Crippen molar-refractivity contribution in [3.63, 3.8) is 0 Å². The van der Waals surface area contributed by atoms with Gasteiger partial charge >= 0.3 is 0 Å². The molecule has 3 rings (SSSR count). The van der Waals surface area contributed by atoms with Crippen molar-refractivity contribution < 1.29 is 9.53 Å². The van der Waals surface area contributed by atoms with E-state index in [1.165, 1.54) is 5.56 Å². The van der Waals surface area contributed by atoms with Crippen molar-refractivity contribution in [2.24, 2.45) is 0 Å². The summed E-state index contributed by atoms with van der Waals surface area (Å²) in [7, 11) is 1.77. The average Bonchev–Trinajstić information content (AvgIpc) is 3.04. The quantitative estimate of drug-likeness (QED) is 0.856. The van der Waals surface area contributed by atoms with Gasteiger partial charge in [0.1, 0.15) is 12.4 Å². The summed E-state index contributed by atoms with van der Waals surface area (Å²) < 4.78 is 7.61. The van der Waals surface area contributed by atoms with E-state index in [0.29, 0.717) is 24.9 Å². The highest BCUT2D eigenvalue weighted by molar-refractivity contribution is 5.93. The zero-order valence-electron chi connectivity index (χ0n) is 15.7. The van der Waals surface area contributed by atoms with E-state index in [2.05, 4.69) is 15.6 Å². The van der Waals surface area contributed by atoms with E-state index in [1.807, 2.05) is 42.8 Å². The van der Waals surface area contributed by atoms with Gasteiger partial charge in [0.15, 0.2) is 5.69 Å². The largest absolute Gasteiger partial charge is 0.492 e. The maximum atomic E-state index is 12.7. The maximum Gasteiger partial charge on any atom is 0.276 e. The molecule has 0 saturated carbocycles. The molecule has 140 valence electrons. The van der Waals surface area contributed by atoms with Crippen LogP contribution in [0.5, 0.6) is 5.75 Å². The molecule has 0 bridgehead atoms. The van der Waals surface area contributed by atoms with Crippen molar-refractivity contribution in [3.05, 3.63) is 41.2 Å². The molecule has 1 amide bonds. The van der Waals surface area contributed by atoms with Gasteiger partial charge in [-0.3, -0.25) is 4.79 Å². The summed E-state index contributed by atoms with van der Waals surface area (Å²) in [6.07, 6.45) is 2.02. The third-order valence-electron chi connectivity index (χ3n) is 4.85. The van der Waals surface area contributed by atoms with E-state index in [1.54, 1.807) is 11.9 Å². The number of piperidine rings is 1. The number of nitrogens with one attached hydrogen (secondary N) is 1. The van der Waals surface area contributed by atoms with Crippen LogP contribution < -0.4 is 10.1 Å². The van der Waals surface area contributed by atoms with E-state index in [-0.39, 0.29) is 5.91 Å². The lowest BCUT2D eigenvalue weighted by Crippen LogP contribution is -2.32. The first kappa shape index (κ1) is 18.4. The second-order valence-electron chi connectivity index (χ2n) is 6.84. The second-order valence-corrected chi connectivity index (χ2v) is 6.84. The van der Waals surface area contributed by atoms with Gasteiger partial charge in [-0.2, -0.15) is 0 Å². The Morgan fingerprint density at radius 3 is 2.65 bits per heavy atom. The monoisotopic (exact) mass is 357 g/mol. The predicted molar refractivity (Wildman–Crippen MR) is 99.5 cm³/mol. The van der Waals surface area contributed by atoms with Crippen molar-refractivity contribution in [1.82, 2.24) is 25.2 Å². The van der Waals surface area contributed by atoms with Gasteiger partial charge in [0.2, 0.25) is 0 Å². The fourth-order valence-corrected chi connectivity index (χ4v) is 3.15. The molecule has 7 nitrogen and oxygen atoms in total. The molecule has 1 aliphatic rings. The smallest absolute Gasteiger partial charge is 0.276 e. The normalized spacial score (nSPS) is 15.0. The molecule has 0 aliphatic carbocycles. The van der Waals surface area contributed by atoms with Crippen LogP contribution in [0.2, 0.25) is 0 Å². The number of carbonyl (C=O) groups excluding carboxylic acids is 1. The standard InChI is InChI=1S/C19H27N5O2/c1-14-4-6-17(7-5-14)26-13-12-23(3)19(25)18-15(2)24(22-21-18)16-8-10-20-11-9-16/h4-7,16,20H,8-13H2,1-3H3. The summed E-state index contributed by atoms with van der Waals surface area (Å²) >= 11 is 0. The van der Waals surface area contributed by atoms with Crippen LogP contribution in [0, 0.1) is 13.8 Å². The Bertz CT molecular complexity index is 735. The Balaban J connectivity index is 1.56. The Kier molecular flexibility index (Phi) is 5.88. The van der Waals surface area contributed by atoms with E-state index in [4.69, 9.17) is 4.74 Å². The topological polar surface area (TPSA) is 72.3 Å². The molecule has 2 aromatic rings. The first-order chi connectivity index (χ1) is 12.6. The Morgan fingerprint density at radius 2 is 1.96 bits per heavy atom. The van der Waals surface area contributed by atoms with Gasteiger partial charge in [0, 0.05) is 7.05 Å². The molecule has 1 saturated heterocycles. The Labute approximate surface area is 154 Å². The van der Waals surface area contributed by atoms with Crippen LogP contribution in [0.1, 0.15) is 40.6 Å². The number of carbonyl (C=O) groups is 1. The van der Waals surface area contributed by atoms with Crippen LogP contribution in [-0.2, 0) is 0 Å². The molecule has 2 heterocycles. The second kappa shape index (κ2) is 8.31. The van der Waals surface area contributed by atoms with Gasteiger partial charge in [0.05, 0.1) is 18.3 Å². The number of ether oxygens (including phenoxy) is 1. The number of rotatable bonds is 6. The minimum atomic E-state index is -0.116. The first-order valence-corrected chi connectivity index (χ1v) is 9.13. The number of amides is 1. The average molecular weight is 357 g/mol. The van der Waals surface area contributed by atoms with Crippen molar-refractivity contribution in [2.45, 2.75) is 32.7 Å². The highest BCUT2D eigenvalue weighted by Crippen LogP contribution is 2.20. The van der Waals surface area contributed by atoms with Gasteiger partial charge in [0.25, 0.3) is 5.91 Å². The van der Waals surface area contributed by atoms with Crippen LogP contribution in [-0.4, -0.2) is 59.1 Å². The minimum absolute atomic E-state index is 0.116. The van der Waals surface area contributed by atoms with Crippen molar-refractivity contribution >= 4 is 5.91 Å². The third-order valence-corrected chi connectivity index (χ3v) is 4.85. The summed E-state index contributed by atoms with van der Waals surface area (Å²) in [6, 6.07) is 8.21. The zero-order valence-corrected chi connectivity index (χ0v) is 15.7. The van der Waals surface area contributed by atoms with Gasteiger partial charge < -0.3 is 15.0 Å². The molecule has 0 spiro atoms. The summed E-state index contributed by atoms with van der Waals surface area (Å²) in [5.41, 5.74) is 2.46. The summed E-state index contributed by atoms with van der Waals surface area (Å²) in [4.78, 5) is 14.3. The fraction of sp³-hybridized carbons (Fsp3) is 0.526. The molecule has 1 N–H and O–H groups in total. The first-order valence-electron chi connectivity index (χ1n) is 9.13. The van der Waals surface area contributed by atoms with E-state index in [9.17, 15) is 4.79 Å². The van der Waals surface area contributed by atoms with Crippen LogP contribution >= 0.6 is 0 Å². The number of likely N-dealkylation sites (N-methyl/N-ethyl adjacent to an activating group) is 1. The molecule has 1 aromatic heterocycles. The SMILES string of the molecule is Cc1ccc(OCCN(C)C(=O)c2nnn(C3CCNCC3)c2C)cc1. The van der Waals surface area contributed by atoms with Gasteiger partial charge in [-0.1, -0.05) is 22.9 Å². The fourth-order valence-electron chi connectivity index (χ4n) is 3.15. The zero-order chi connectivity index (χ0) is 18.5. The van der Waals surface area contributed by atoms with Gasteiger partial charge in [-0.05, 0) is 51.9 Å². The molecule has 1 fully saturated rings. The highest BCUT2D eigenvalue weighted by Gasteiger charge is 2.24. The van der Waals surface area contributed by atoms with Crippen molar-refractivity contribution in [2.75, 3.05) is 33.3 Å². The molecule has 1 aliphatic heterocycles. The van der Waals surface area contributed by atoms with Gasteiger partial charge in [-0.25, -0.2) is 4.68 Å². The predicted octanol–water partition coefficient (Wildman–Crippen LogP) is 1.97. The van der Waals surface area contributed by atoms with E-state index >= 15 is 0 Å².